The Labute approximate surface area is 189 Å². The van der Waals surface area contributed by atoms with E-state index in [9.17, 15) is 14.0 Å². The minimum atomic E-state index is -0.636. The van der Waals surface area contributed by atoms with Crippen molar-refractivity contribution in [1.29, 1.82) is 0 Å². The number of amides is 1. The zero-order valence-corrected chi connectivity index (χ0v) is 18.4. The minimum absolute atomic E-state index is 0.0477. The van der Waals surface area contributed by atoms with Gasteiger partial charge in [0.05, 0.1) is 11.2 Å². The molecule has 0 bridgehead atoms. The fourth-order valence-corrected chi connectivity index (χ4v) is 3.75. The Kier molecular flexibility index (Phi) is 6.30. The van der Waals surface area contributed by atoms with E-state index < -0.39 is 17.3 Å². The number of ether oxygens (including phenoxy) is 2. The summed E-state index contributed by atoms with van der Waals surface area (Å²) in [5.74, 6) is 0.0350. The molecule has 1 unspecified atom stereocenters. The minimum Gasteiger partial charge on any atom is -0.491 e. The number of aliphatic imine (C=N–C) groups is 1. The lowest BCUT2D eigenvalue weighted by molar-refractivity contribution is 0.0953. The van der Waals surface area contributed by atoms with Crippen LogP contribution in [-0.4, -0.2) is 42.6 Å². The number of halogens is 1. The van der Waals surface area contributed by atoms with Crippen LogP contribution < -0.4 is 21.3 Å². The fraction of sp³-hybridized carbons (Fsp3) is 0.292. The summed E-state index contributed by atoms with van der Waals surface area (Å²) in [5.41, 5.74) is 6.48. The summed E-state index contributed by atoms with van der Waals surface area (Å²) < 4.78 is 26.0. The van der Waals surface area contributed by atoms with Crippen molar-refractivity contribution in [2.45, 2.75) is 26.3 Å². The molecule has 0 aliphatic carbocycles. The molecule has 0 saturated heterocycles. The number of aromatic amines is 1. The maximum absolute atomic E-state index is 14.8. The number of nitrogens with two attached hydrogens (primary N) is 1. The third kappa shape index (κ3) is 4.52. The maximum atomic E-state index is 14.8. The number of nitrogens with one attached hydrogen (secondary N) is 2. The predicted octanol–water partition coefficient (Wildman–Crippen LogP) is 3.25. The van der Waals surface area contributed by atoms with Crippen LogP contribution in [0.3, 0.4) is 0 Å². The number of nitrogens with zero attached hydrogens (tertiary/aromatic N) is 1. The number of aromatic nitrogens is 1. The van der Waals surface area contributed by atoms with Crippen molar-refractivity contribution < 1.29 is 18.7 Å². The molecule has 2 aromatic carbocycles. The molecule has 0 fully saturated rings. The van der Waals surface area contributed by atoms with Crippen LogP contribution in [-0.2, 0) is 4.74 Å². The Morgan fingerprint density at radius 1 is 1.33 bits per heavy atom. The Balaban J connectivity index is 1.72. The third-order valence-electron chi connectivity index (χ3n) is 5.37. The first-order valence-electron chi connectivity index (χ1n) is 10.7. The Morgan fingerprint density at radius 3 is 2.88 bits per heavy atom. The molecule has 2 heterocycles. The molecule has 3 aromatic rings. The quantitative estimate of drug-likeness (QED) is 0.509. The smallest absolute Gasteiger partial charge is 0.263 e. The second-order valence-electron chi connectivity index (χ2n) is 7.79. The first-order valence-corrected chi connectivity index (χ1v) is 10.7. The number of H-pyrrole nitrogens is 1. The molecule has 0 radical (unpaired) electrons. The van der Waals surface area contributed by atoms with Crippen molar-refractivity contribution in [3.05, 3.63) is 58.1 Å². The van der Waals surface area contributed by atoms with E-state index in [-0.39, 0.29) is 29.5 Å². The molecule has 0 saturated carbocycles. The highest BCUT2D eigenvalue weighted by molar-refractivity contribution is 6.09. The van der Waals surface area contributed by atoms with Gasteiger partial charge in [-0.05, 0) is 24.6 Å². The van der Waals surface area contributed by atoms with Gasteiger partial charge in [0.15, 0.2) is 5.90 Å². The van der Waals surface area contributed by atoms with Crippen molar-refractivity contribution >= 4 is 28.4 Å². The summed E-state index contributed by atoms with van der Waals surface area (Å²) in [5, 5.41) is 3.12. The van der Waals surface area contributed by atoms with Crippen LogP contribution in [0.1, 0.15) is 30.6 Å². The first kappa shape index (κ1) is 22.3. The number of rotatable bonds is 7. The molecule has 4 N–H and O–H groups in total. The van der Waals surface area contributed by atoms with Gasteiger partial charge in [-0.15, -0.1) is 0 Å². The van der Waals surface area contributed by atoms with Crippen LogP contribution in [0.5, 0.6) is 5.75 Å². The standard InChI is InChI=1S/C24H25FN4O4/c1-3-9-27-23(30)20-21(26)17-6-4-5-16(22(17)29-24(20)31)18-10-15(7-8-19(18)25)33-12-14-11-32-13(2)28-14/h4-8,10,14H,3,9,11-12H2,1-2H3,(H,27,30)(H3,26,29,31). The lowest BCUT2D eigenvalue weighted by atomic mass is 9.99. The number of pyridine rings is 1. The highest BCUT2D eigenvalue weighted by atomic mass is 19.1. The average molecular weight is 452 g/mol. The molecule has 8 nitrogen and oxygen atoms in total. The second-order valence-corrected chi connectivity index (χ2v) is 7.79. The summed E-state index contributed by atoms with van der Waals surface area (Å²) >= 11 is 0. The number of fused-ring (bicyclic) bond motifs is 1. The number of para-hydroxylation sites is 1. The highest BCUT2D eigenvalue weighted by Crippen LogP contribution is 2.34. The Morgan fingerprint density at radius 2 is 2.15 bits per heavy atom. The molecule has 1 aliphatic rings. The number of carbonyl (C=O) groups is 1. The van der Waals surface area contributed by atoms with Gasteiger partial charge in [0.2, 0.25) is 0 Å². The third-order valence-corrected chi connectivity index (χ3v) is 5.37. The summed E-state index contributed by atoms with van der Waals surface area (Å²) in [6, 6.07) is 9.33. The van der Waals surface area contributed by atoms with Crippen LogP contribution in [0.15, 0.2) is 46.2 Å². The maximum Gasteiger partial charge on any atom is 0.263 e. The van der Waals surface area contributed by atoms with Crippen molar-refractivity contribution in [2.75, 3.05) is 25.5 Å². The Bertz CT molecular complexity index is 1300. The van der Waals surface area contributed by atoms with Crippen molar-refractivity contribution in [2.24, 2.45) is 4.99 Å². The molecule has 172 valence electrons. The van der Waals surface area contributed by atoms with E-state index in [4.69, 9.17) is 15.2 Å². The van der Waals surface area contributed by atoms with Crippen LogP contribution in [0.25, 0.3) is 22.0 Å². The summed E-state index contributed by atoms with van der Waals surface area (Å²) in [6.45, 7) is 4.84. The number of hydrogen-bond donors (Lipinski definition) is 3. The topological polar surface area (TPSA) is 119 Å². The monoisotopic (exact) mass is 452 g/mol. The Hall–Kier alpha value is -3.88. The molecule has 9 heteroatoms. The van der Waals surface area contributed by atoms with Crippen LogP contribution in [0.2, 0.25) is 0 Å². The van der Waals surface area contributed by atoms with Crippen molar-refractivity contribution in [1.82, 2.24) is 10.3 Å². The lowest BCUT2D eigenvalue weighted by Gasteiger charge is -2.14. The van der Waals surface area contributed by atoms with Gasteiger partial charge in [-0.3, -0.25) is 9.59 Å². The SMILES string of the molecule is CCCNC(=O)c1c(N)c2cccc(-c3cc(OCC4COC(C)=N4)ccc3F)c2[nH]c1=O. The van der Waals surface area contributed by atoms with Gasteiger partial charge in [-0.2, -0.15) is 0 Å². The number of hydrogen-bond acceptors (Lipinski definition) is 6. The van der Waals surface area contributed by atoms with Gasteiger partial charge in [-0.1, -0.05) is 25.1 Å². The van der Waals surface area contributed by atoms with Crippen LogP contribution in [0, 0.1) is 5.82 Å². The van der Waals surface area contributed by atoms with Gasteiger partial charge in [-0.25, -0.2) is 9.38 Å². The molecule has 0 spiro atoms. The molecule has 1 amide bonds. The van der Waals surface area contributed by atoms with Crippen molar-refractivity contribution in [3.63, 3.8) is 0 Å². The lowest BCUT2D eigenvalue weighted by Crippen LogP contribution is -2.31. The highest BCUT2D eigenvalue weighted by Gasteiger charge is 2.20. The number of carbonyl (C=O) groups excluding carboxylic acids is 1. The molecule has 1 atom stereocenters. The molecular weight excluding hydrogens is 427 g/mol. The zero-order chi connectivity index (χ0) is 23.5. The normalized spacial score (nSPS) is 15.2. The van der Waals surface area contributed by atoms with E-state index in [0.717, 1.165) is 6.42 Å². The first-order chi connectivity index (χ1) is 15.9. The molecule has 1 aromatic heterocycles. The van der Waals surface area contributed by atoms with Gasteiger partial charge >= 0.3 is 0 Å². The van der Waals surface area contributed by atoms with E-state index in [2.05, 4.69) is 15.3 Å². The largest absolute Gasteiger partial charge is 0.491 e. The fourth-order valence-electron chi connectivity index (χ4n) is 3.75. The van der Waals surface area contributed by atoms with Gasteiger partial charge in [0, 0.05) is 30.0 Å². The van der Waals surface area contributed by atoms with Crippen LogP contribution >= 0.6 is 0 Å². The molecule has 4 rings (SSSR count). The number of benzene rings is 2. The molecule has 1 aliphatic heterocycles. The zero-order valence-electron chi connectivity index (χ0n) is 18.4. The average Bonchev–Trinajstić information content (AvgIpc) is 3.22. The van der Waals surface area contributed by atoms with E-state index in [1.165, 1.54) is 12.1 Å². The van der Waals surface area contributed by atoms with E-state index in [1.54, 1.807) is 31.2 Å². The summed E-state index contributed by atoms with van der Waals surface area (Å²) in [4.78, 5) is 32.2. The van der Waals surface area contributed by atoms with E-state index >= 15 is 0 Å². The van der Waals surface area contributed by atoms with E-state index in [1.807, 2.05) is 6.92 Å². The van der Waals surface area contributed by atoms with Gasteiger partial charge in [0.25, 0.3) is 11.5 Å². The summed E-state index contributed by atoms with van der Waals surface area (Å²) in [7, 11) is 0. The van der Waals surface area contributed by atoms with E-state index in [0.29, 0.717) is 41.3 Å². The van der Waals surface area contributed by atoms with Gasteiger partial charge in [0.1, 0.15) is 36.4 Å². The second kappa shape index (κ2) is 9.32. The number of nitrogen functional groups attached to an aromatic ring is 1. The van der Waals surface area contributed by atoms with Crippen molar-refractivity contribution in [3.8, 4) is 16.9 Å². The van der Waals surface area contributed by atoms with Crippen LogP contribution in [0.4, 0.5) is 10.1 Å². The molecular formula is C24H25FN4O4. The summed E-state index contributed by atoms with van der Waals surface area (Å²) in [6.07, 6.45) is 0.721. The predicted molar refractivity (Wildman–Crippen MR) is 125 cm³/mol. The molecule has 33 heavy (non-hydrogen) atoms. The number of anilines is 1. The van der Waals surface area contributed by atoms with Gasteiger partial charge < -0.3 is 25.5 Å².